The fraction of sp³-hybridized carbons (Fsp3) is 0.211. The van der Waals surface area contributed by atoms with Crippen molar-refractivity contribution in [2.75, 3.05) is 0 Å². The van der Waals surface area contributed by atoms with Gasteiger partial charge in [0.15, 0.2) is 0 Å². The standard InChI is InChI=1S/C19H17F2N3O3S/c1-12(16(25)22-11-13-5-3-2-4-6-13)28-19-24-23-17(27-19)14-7-9-15(10-8-14)26-18(20)21/h2-10,12,18H,11H2,1H3,(H,22,25). The second-order valence-electron chi connectivity index (χ2n) is 5.74. The van der Waals surface area contributed by atoms with Gasteiger partial charge in [-0.2, -0.15) is 8.78 Å². The maximum absolute atomic E-state index is 12.2. The molecule has 0 saturated carbocycles. The quantitative estimate of drug-likeness (QED) is 0.568. The van der Waals surface area contributed by atoms with Gasteiger partial charge in [0.25, 0.3) is 5.22 Å². The number of halogens is 2. The minimum Gasteiger partial charge on any atom is -0.435 e. The minimum atomic E-state index is -2.88. The second-order valence-corrected chi connectivity index (χ2v) is 7.03. The van der Waals surface area contributed by atoms with E-state index in [0.717, 1.165) is 17.3 Å². The molecule has 146 valence electrons. The van der Waals surface area contributed by atoms with Gasteiger partial charge in [0.2, 0.25) is 11.8 Å². The summed E-state index contributed by atoms with van der Waals surface area (Å²) in [5.41, 5.74) is 1.56. The molecule has 0 bridgehead atoms. The summed E-state index contributed by atoms with van der Waals surface area (Å²) in [6, 6.07) is 15.4. The Bertz CT molecular complexity index is 904. The summed E-state index contributed by atoms with van der Waals surface area (Å²) in [5.74, 6) is 0.113. The Hall–Kier alpha value is -2.94. The summed E-state index contributed by atoms with van der Waals surface area (Å²) in [4.78, 5) is 12.2. The second kappa shape index (κ2) is 9.32. The van der Waals surface area contributed by atoms with E-state index in [0.29, 0.717) is 12.1 Å². The Kier molecular flexibility index (Phi) is 6.59. The SMILES string of the molecule is CC(Sc1nnc(-c2ccc(OC(F)F)cc2)o1)C(=O)NCc1ccccc1. The van der Waals surface area contributed by atoms with Gasteiger partial charge < -0.3 is 14.5 Å². The summed E-state index contributed by atoms with van der Waals surface area (Å²) in [6.07, 6.45) is 0. The number of aromatic nitrogens is 2. The van der Waals surface area contributed by atoms with Crippen LogP contribution in [-0.2, 0) is 11.3 Å². The summed E-state index contributed by atoms with van der Waals surface area (Å²) in [6.45, 7) is -0.704. The molecule has 0 aliphatic carbocycles. The van der Waals surface area contributed by atoms with Crippen molar-refractivity contribution in [2.24, 2.45) is 0 Å². The average Bonchev–Trinajstić information content (AvgIpc) is 3.15. The van der Waals surface area contributed by atoms with Gasteiger partial charge in [0.05, 0.1) is 5.25 Å². The molecule has 3 aromatic rings. The smallest absolute Gasteiger partial charge is 0.387 e. The number of benzene rings is 2. The van der Waals surface area contributed by atoms with E-state index in [2.05, 4.69) is 20.3 Å². The number of carbonyl (C=O) groups excluding carboxylic acids is 1. The van der Waals surface area contributed by atoms with Crippen molar-refractivity contribution in [3.63, 3.8) is 0 Å². The number of nitrogens with one attached hydrogen (secondary N) is 1. The van der Waals surface area contributed by atoms with Gasteiger partial charge >= 0.3 is 6.61 Å². The van der Waals surface area contributed by atoms with E-state index in [-0.39, 0.29) is 22.8 Å². The van der Waals surface area contributed by atoms with Gasteiger partial charge in [-0.3, -0.25) is 4.79 Å². The normalized spacial score (nSPS) is 12.0. The molecule has 0 radical (unpaired) electrons. The first-order valence-corrected chi connectivity index (χ1v) is 9.26. The van der Waals surface area contributed by atoms with Gasteiger partial charge in [-0.05, 0) is 36.8 Å². The molecule has 0 aliphatic heterocycles. The molecule has 0 fully saturated rings. The molecule has 1 aromatic heterocycles. The first-order chi connectivity index (χ1) is 13.5. The highest BCUT2D eigenvalue weighted by Crippen LogP contribution is 2.27. The number of hydrogen-bond acceptors (Lipinski definition) is 6. The Balaban J connectivity index is 1.55. The third-order valence-corrected chi connectivity index (χ3v) is 4.62. The number of carbonyl (C=O) groups is 1. The maximum atomic E-state index is 12.2. The van der Waals surface area contributed by atoms with Gasteiger partial charge in [-0.15, -0.1) is 10.2 Å². The fourth-order valence-electron chi connectivity index (χ4n) is 2.29. The van der Waals surface area contributed by atoms with Crippen LogP contribution in [0.4, 0.5) is 8.78 Å². The molecular weight excluding hydrogens is 388 g/mol. The molecular formula is C19H17F2N3O3S. The molecule has 1 unspecified atom stereocenters. The molecule has 0 saturated heterocycles. The van der Waals surface area contributed by atoms with E-state index in [9.17, 15) is 13.6 Å². The zero-order valence-electron chi connectivity index (χ0n) is 14.8. The number of rotatable bonds is 8. The lowest BCUT2D eigenvalue weighted by Crippen LogP contribution is -2.30. The van der Waals surface area contributed by atoms with E-state index in [1.807, 2.05) is 30.3 Å². The van der Waals surface area contributed by atoms with Crippen LogP contribution in [-0.4, -0.2) is 28.0 Å². The lowest BCUT2D eigenvalue weighted by atomic mass is 10.2. The number of amides is 1. The van der Waals surface area contributed by atoms with E-state index in [1.165, 1.54) is 24.3 Å². The van der Waals surface area contributed by atoms with E-state index < -0.39 is 11.9 Å². The zero-order chi connectivity index (χ0) is 19.9. The third-order valence-electron chi connectivity index (χ3n) is 3.69. The van der Waals surface area contributed by atoms with Crippen LogP contribution in [0.5, 0.6) is 5.75 Å². The molecule has 6 nitrogen and oxygen atoms in total. The van der Waals surface area contributed by atoms with Crippen LogP contribution in [0.25, 0.3) is 11.5 Å². The summed E-state index contributed by atoms with van der Waals surface area (Å²) >= 11 is 1.14. The zero-order valence-corrected chi connectivity index (χ0v) is 15.7. The molecule has 9 heteroatoms. The minimum absolute atomic E-state index is 0.0385. The predicted octanol–water partition coefficient (Wildman–Crippen LogP) is 4.14. The Morgan fingerprint density at radius 2 is 1.86 bits per heavy atom. The van der Waals surface area contributed by atoms with Crippen molar-refractivity contribution in [3.05, 3.63) is 60.2 Å². The topological polar surface area (TPSA) is 77.2 Å². The van der Waals surface area contributed by atoms with Crippen molar-refractivity contribution in [3.8, 4) is 17.2 Å². The lowest BCUT2D eigenvalue weighted by molar-refractivity contribution is -0.120. The fourth-order valence-corrected chi connectivity index (χ4v) is 2.99. The number of nitrogens with zero attached hydrogens (tertiary/aromatic N) is 2. The van der Waals surface area contributed by atoms with Crippen molar-refractivity contribution in [2.45, 2.75) is 30.6 Å². The maximum Gasteiger partial charge on any atom is 0.387 e. The van der Waals surface area contributed by atoms with E-state index in [4.69, 9.17) is 4.42 Å². The number of alkyl halides is 2. The van der Waals surface area contributed by atoms with Gasteiger partial charge in [0, 0.05) is 12.1 Å². The highest BCUT2D eigenvalue weighted by atomic mass is 32.2. The molecule has 0 spiro atoms. The van der Waals surface area contributed by atoms with Crippen LogP contribution in [0.15, 0.2) is 64.2 Å². The molecule has 1 atom stereocenters. The van der Waals surface area contributed by atoms with Gasteiger partial charge in [-0.1, -0.05) is 42.1 Å². The Morgan fingerprint density at radius 1 is 1.14 bits per heavy atom. The molecule has 1 N–H and O–H groups in total. The monoisotopic (exact) mass is 405 g/mol. The molecule has 0 aliphatic rings. The Labute approximate surface area is 164 Å². The highest BCUT2D eigenvalue weighted by Gasteiger charge is 2.18. The molecule has 1 heterocycles. The van der Waals surface area contributed by atoms with Gasteiger partial charge in [-0.25, -0.2) is 0 Å². The van der Waals surface area contributed by atoms with Crippen LogP contribution >= 0.6 is 11.8 Å². The van der Waals surface area contributed by atoms with Crippen LogP contribution in [0, 0.1) is 0 Å². The molecule has 2 aromatic carbocycles. The summed E-state index contributed by atoms with van der Waals surface area (Å²) in [5, 5.41) is 10.5. The number of thioether (sulfide) groups is 1. The van der Waals surface area contributed by atoms with Crippen LogP contribution in [0.2, 0.25) is 0 Å². The van der Waals surface area contributed by atoms with Crippen LogP contribution in [0.3, 0.4) is 0 Å². The van der Waals surface area contributed by atoms with Crippen molar-refractivity contribution >= 4 is 17.7 Å². The van der Waals surface area contributed by atoms with Crippen molar-refractivity contribution in [1.29, 1.82) is 0 Å². The third kappa shape index (κ3) is 5.53. The first-order valence-electron chi connectivity index (χ1n) is 8.38. The van der Waals surface area contributed by atoms with Gasteiger partial charge in [0.1, 0.15) is 5.75 Å². The molecule has 3 rings (SSSR count). The van der Waals surface area contributed by atoms with E-state index in [1.54, 1.807) is 6.92 Å². The van der Waals surface area contributed by atoms with Crippen molar-refractivity contribution < 1.29 is 22.7 Å². The predicted molar refractivity (Wildman–Crippen MR) is 100.0 cm³/mol. The Morgan fingerprint density at radius 3 is 2.54 bits per heavy atom. The first kappa shape index (κ1) is 19.8. The molecule has 1 amide bonds. The van der Waals surface area contributed by atoms with Crippen LogP contribution < -0.4 is 10.1 Å². The summed E-state index contributed by atoms with van der Waals surface area (Å²) in [7, 11) is 0. The number of ether oxygens (including phenoxy) is 1. The highest BCUT2D eigenvalue weighted by molar-refractivity contribution is 8.00. The van der Waals surface area contributed by atoms with E-state index >= 15 is 0 Å². The van der Waals surface area contributed by atoms with Crippen LogP contribution in [0.1, 0.15) is 12.5 Å². The number of hydrogen-bond donors (Lipinski definition) is 1. The molecule has 28 heavy (non-hydrogen) atoms. The average molecular weight is 405 g/mol. The lowest BCUT2D eigenvalue weighted by Gasteiger charge is -2.09. The largest absolute Gasteiger partial charge is 0.435 e. The summed E-state index contributed by atoms with van der Waals surface area (Å²) < 4.78 is 34.2. The van der Waals surface area contributed by atoms with Crippen molar-refractivity contribution in [1.82, 2.24) is 15.5 Å².